The van der Waals surface area contributed by atoms with Crippen molar-refractivity contribution >= 4 is 5.78 Å². The van der Waals surface area contributed by atoms with Crippen LogP contribution < -0.4 is 0 Å². The number of hydrogen-bond acceptors (Lipinski definition) is 2. The Balaban J connectivity index is 1.87. The van der Waals surface area contributed by atoms with Gasteiger partial charge in [0, 0.05) is 12.0 Å². The third kappa shape index (κ3) is 2.52. The fourth-order valence-corrected chi connectivity index (χ4v) is 2.94. The summed E-state index contributed by atoms with van der Waals surface area (Å²) < 4.78 is 0. The minimum atomic E-state index is -0.491. The van der Waals surface area contributed by atoms with Crippen LogP contribution in [0.25, 0.3) is 0 Å². The molecule has 0 saturated carbocycles. The van der Waals surface area contributed by atoms with Crippen LogP contribution in [-0.2, 0) is 12.8 Å². The van der Waals surface area contributed by atoms with Crippen molar-refractivity contribution in [2.24, 2.45) is 0 Å². The van der Waals surface area contributed by atoms with Gasteiger partial charge in [-0.25, -0.2) is 0 Å². The lowest BCUT2D eigenvalue weighted by molar-refractivity contribution is 0.0895. The van der Waals surface area contributed by atoms with Crippen LogP contribution in [-0.4, -0.2) is 10.9 Å². The molecule has 1 aliphatic rings. The van der Waals surface area contributed by atoms with Crippen molar-refractivity contribution in [1.82, 2.24) is 0 Å². The van der Waals surface area contributed by atoms with E-state index in [4.69, 9.17) is 0 Å². The van der Waals surface area contributed by atoms with Crippen LogP contribution in [0.15, 0.2) is 48.5 Å². The maximum Gasteiger partial charge on any atom is 0.163 e. The average Bonchev–Trinajstić information content (AvgIpc) is 2.50. The van der Waals surface area contributed by atoms with E-state index in [1.165, 1.54) is 5.56 Å². The zero-order valence-corrected chi connectivity index (χ0v) is 11.4. The van der Waals surface area contributed by atoms with Crippen LogP contribution in [0, 0.1) is 0 Å². The van der Waals surface area contributed by atoms with Crippen LogP contribution in [0.3, 0.4) is 0 Å². The van der Waals surface area contributed by atoms with Crippen molar-refractivity contribution in [3.05, 3.63) is 70.8 Å². The van der Waals surface area contributed by atoms with Gasteiger partial charge in [0.2, 0.25) is 0 Å². The second kappa shape index (κ2) is 5.59. The predicted molar refractivity (Wildman–Crippen MR) is 78.8 cm³/mol. The highest BCUT2D eigenvalue weighted by Crippen LogP contribution is 2.32. The van der Waals surface area contributed by atoms with E-state index in [0.29, 0.717) is 18.4 Å². The highest BCUT2D eigenvalue weighted by Gasteiger charge is 2.25. The first-order chi connectivity index (χ1) is 9.75. The summed E-state index contributed by atoms with van der Waals surface area (Å²) in [6.07, 6.45) is 2.30. The zero-order valence-electron chi connectivity index (χ0n) is 11.4. The van der Waals surface area contributed by atoms with Crippen molar-refractivity contribution in [1.29, 1.82) is 0 Å². The normalized spacial score (nSPS) is 17.9. The Labute approximate surface area is 119 Å². The average molecular weight is 266 g/mol. The van der Waals surface area contributed by atoms with Crippen molar-refractivity contribution in [2.45, 2.75) is 31.8 Å². The lowest BCUT2D eigenvalue weighted by atomic mass is 9.84. The first-order valence-electron chi connectivity index (χ1n) is 7.12. The number of carbonyl (C=O) groups excluding carboxylic acids is 1. The largest absolute Gasteiger partial charge is 0.388 e. The molecule has 2 heteroatoms. The van der Waals surface area contributed by atoms with Gasteiger partial charge in [-0.2, -0.15) is 0 Å². The lowest BCUT2D eigenvalue weighted by Gasteiger charge is -2.23. The number of aliphatic hydroxyl groups is 1. The van der Waals surface area contributed by atoms with Crippen LogP contribution in [0.5, 0.6) is 0 Å². The summed E-state index contributed by atoms with van der Waals surface area (Å²) in [5, 5.41) is 10.2. The number of benzene rings is 2. The molecule has 0 aromatic heterocycles. The standard InChI is InChI=1S/C18H18O2/c19-16-11-12-17(20)18-14(7-4-8-15(16)18)10-9-13-5-2-1-3-6-13/h1-8,17,20H,9-12H2. The second-order valence-corrected chi connectivity index (χ2v) is 5.34. The first kappa shape index (κ1) is 13.1. The van der Waals surface area contributed by atoms with Gasteiger partial charge >= 0.3 is 0 Å². The third-order valence-corrected chi connectivity index (χ3v) is 4.00. The minimum Gasteiger partial charge on any atom is -0.388 e. The van der Waals surface area contributed by atoms with Crippen molar-refractivity contribution in [3.63, 3.8) is 0 Å². The van der Waals surface area contributed by atoms with Gasteiger partial charge in [-0.05, 0) is 36.0 Å². The molecule has 0 aliphatic heterocycles. The zero-order chi connectivity index (χ0) is 13.9. The molecule has 2 nitrogen and oxygen atoms in total. The van der Waals surface area contributed by atoms with Gasteiger partial charge in [-0.15, -0.1) is 0 Å². The van der Waals surface area contributed by atoms with E-state index in [1.54, 1.807) is 0 Å². The van der Waals surface area contributed by atoms with Crippen LogP contribution in [0.1, 0.15) is 46.0 Å². The molecule has 0 radical (unpaired) electrons. The summed E-state index contributed by atoms with van der Waals surface area (Å²) in [5.74, 6) is 0.159. The van der Waals surface area contributed by atoms with E-state index in [-0.39, 0.29) is 5.78 Å². The SMILES string of the molecule is O=C1CCC(O)c2c(CCc3ccccc3)cccc21. The number of hydrogen-bond donors (Lipinski definition) is 1. The minimum absolute atomic E-state index is 0.159. The van der Waals surface area contributed by atoms with E-state index >= 15 is 0 Å². The Kier molecular flexibility index (Phi) is 3.66. The molecule has 0 amide bonds. The molecule has 0 fully saturated rings. The van der Waals surface area contributed by atoms with Crippen molar-refractivity contribution < 1.29 is 9.90 Å². The molecule has 0 bridgehead atoms. The molecule has 1 atom stereocenters. The van der Waals surface area contributed by atoms with Gasteiger partial charge in [-0.3, -0.25) is 4.79 Å². The molecule has 2 aromatic carbocycles. The van der Waals surface area contributed by atoms with Gasteiger partial charge in [-0.1, -0.05) is 48.5 Å². The molecule has 1 aliphatic carbocycles. The summed E-state index contributed by atoms with van der Waals surface area (Å²) >= 11 is 0. The molecular formula is C18H18O2. The Hall–Kier alpha value is -1.93. The van der Waals surface area contributed by atoms with E-state index in [9.17, 15) is 9.90 Å². The summed E-state index contributed by atoms with van der Waals surface area (Å²) in [5.41, 5.74) is 3.96. The van der Waals surface area contributed by atoms with E-state index in [2.05, 4.69) is 12.1 Å². The molecule has 0 saturated heterocycles. The number of Topliss-reactive ketones (excluding diaryl/α,β-unsaturated/α-hetero) is 1. The molecule has 3 rings (SSSR count). The van der Waals surface area contributed by atoms with Crippen LogP contribution in [0.2, 0.25) is 0 Å². The topological polar surface area (TPSA) is 37.3 Å². The monoisotopic (exact) mass is 266 g/mol. The van der Waals surface area contributed by atoms with Crippen molar-refractivity contribution in [2.75, 3.05) is 0 Å². The maximum atomic E-state index is 11.9. The summed E-state index contributed by atoms with van der Waals surface area (Å²) in [6.45, 7) is 0. The Bertz CT molecular complexity index is 617. The van der Waals surface area contributed by atoms with E-state index < -0.39 is 6.10 Å². The number of ketones is 1. The quantitative estimate of drug-likeness (QED) is 0.923. The lowest BCUT2D eigenvalue weighted by Crippen LogP contribution is -2.17. The Morgan fingerprint density at radius 2 is 1.80 bits per heavy atom. The number of rotatable bonds is 3. The van der Waals surface area contributed by atoms with Gasteiger partial charge in [0.05, 0.1) is 6.10 Å². The highest BCUT2D eigenvalue weighted by atomic mass is 16.3. The summed E-state index contributed by atoms with van der Waals surface area (Å²) in [7, 11) is 0. The Morgan fingerprint density at radius 1 is 1.00 bits per heavy atom. The van der Waals surface area contributed by atoms with E-state index in [0.717, 1.165) is 24.0 Å². The molecule has 102 valence electrons. The third-order valence-electron chi connectivity index (χ3n) is 4.00. The second-order valence-electron chi connectivity index (χ2n) is 5.34. The fraction of sp³-hybridized carbons (Fsp3) is 0.278. The highest BCUT2D eigenvalue weighted by molar-refractivity contribution is 5.99. The van der Waals surface area contributed by atoms with E-state index in [1.807, 2.05) is 36.4 Å². The summed E-state index contributed by atoms with van der Waals surface area (Å²) in [4.78, 5) is 11.9. The molecule has 0 spiro atoms. The molecule has 20 heavy (non-hydrogen) atoms. The first-order valence-corrected chi connectivity index (χ1v) is 7.12. The van der Waals surface area contributed by atoms with Gasteiger partial charge < -0.3 is 5.11 Å². The number of aryl methyl sites for hydroxylation is 2. The van der Waals surface area contributed by atoms with Gasteiger partial charge in [0.1, 0.15) is 0 Å². The number of fused-ring (bicyclic) bond motifs is 1. The van der Waals surface area contributed by atoms with Crippen LogP contribution >= 0.6 is 0 Å². The fourth-order valence-electron chi connectivity index (χ4n) is 2.94. The molecule has 1 N–H and O–H groups in total. The number of carbonyl (C=O) groups is 1. The molecule has 1 unspecified atom stereocenters. The predicted octanol–water partition coefficient (Wildman–Crippen LogP) is 3.48. The molecule has 0 heterocycles. The van der Waals surface area contributed by atoms with Crippen molar-refractivity contribution in [3.8, 4) is 0 Å². The number of aliphatic hydroxyl groups excluding tert-OH is 1. The smallest absolute Gasteiger partial charge is 0.163 e. The Morgan fingerprint density at radius 3 is 2.60 bits per heavy atom. The van der Waals surface area contributed by atoms with Gasteiger partial charge in [0.15, 0.2) is 5.78 Å². The molecular weight excluding hydrogens is 248 g/mol. The summed E-state index contributed by atoms with van der Waals surface area (Å²) in [6, 6.07) is 16.1. The molecule has 2 aromatic rings. The van der Waals surface area contributed by atoms with Gasteiger partial charge in [0.25, 0.3) is 0 Å². The maximum absolute atomic E-state index is 11.9. The van der Waals surface area contributed by atoms with Crippen LogP contribution in [0.4, 0.5) is 0 Å².